The Balaban J connectivity index is 2.21. The molecule has 5 heteroatoms. The Kier molecular flexibility index (Phi) is 3.81. The van der Waals surface area contributed by atoms with Crippen LogP contribution in [0.1, 0.15) is 43.7 Å². The van der Waals surface area contributed by atoms with Gasteiger partial charge in [0.2, 0.25) is 0 Å². The van der Waals surface area contributed by atoms with Gasteiger partial charge in [0.15, 0.2) is 5.75 Å². The lowest BCUT2D eigenvalue weighted by Gasteiger charge is -2.27. The maximum atomic E-state index is 10.8. The van der Waals surface area contributed by atoms with E-state index in [4.69, 9.17) is 5.73 Å². The number of phenolic OH excluding ortho intramolecular Hbond substituents is 1. The molecule has 0 saturated heterocycles. The zero-order valence-corrected chi connectivity index (χ0v) is 10.2. The van der Waals surface area contributed by atoms with Crippen molar-refractivity contribution in [1.82, 2.24) is 0 Å². The molecule has 1 aromatic carbocycles. The number of hydrogen-bond acceptors (Lipinski definition) is 4. The molecule has 0 radical (unpaired) electrons. The molecule has 1 aliphatic carbocycles. The van der Waals surface area contributed by atoms with Gasteiger partial charge in [-0.1, -0.05) is 25.3 Å². The van der Waals surface area contributed by atoms with Crippen LogP contribution in [0.15, 0.2) is 18.2 Å². The van der Waals surface area contributed by atoms with Gasteiger partial charge in [0.25, 0.3) is 0 Å². The number of phenols is 1. The first-order valence-electron chi connectivity index (χ1n) is 6.32. The monoisotopic (exact) mass is 250 g/mol. The van der Waals surface area contributed by atoms with Crippen molar-refractivity contribution in [2.75, 3.05) is 0 Å². The summed E-state index contributed by atoms with van der Waals surface area (Å²) in [4.78, 5) is 10.2. The Morgan fingerprint density at radius 2 is 2.00 bits per heavy atom. The molecular formula is C13H18N2O3. The molecule has 1 fully saturated rings. The number of nitrogens with two attached hydrogens (primary N) is 1. The summed E-state index contributed by atoms with van der Waals surface area (Å²) in [6, 6.07) is 4.26. The molecule has 2 rings (SSSR count). The average Bonchev–Trinajstić information content (AvgIpc) is 2.39. The molecule has 1 aliphatic rings. The van der Waals surface area contributed by atoms with Gasteiger partial charge >= 0.3 is 5.69 Å². The summed E-state index contributed by atoms with van der Waals surface area (Å²) in [7, 11) is 0. The summed E-state index contributed by atoms with van der Waals surface area (Å²) in [6.45, 7) is 0. The molecule has 18 heavy (non-hydrogen) atoms. The van der Waals surface area contributed by atoms with E-state index >= 15 is 0 Å². The fraction of sp³-hybridized carbons (Fsp3) is 0.538. The standard InChI is InChI=1S/C13H18N2O3/c14-13(9-4-2-1-3-5-9)10-6-7-12(16)11(8-10)15(17)18/h6-9,13,16H,1-5,14H2/t13-/m1/s1. The zero-order valence-electron chi connectivity index (χ0n) is 10.2. The summed E-state index contributed by atoms with van der Waals surface area (Å²) >= 11 is 0. The normalized spacial score (nSPS) is 18.5. The number of hydrogen-bond donors (Lipinski definition) is 2. The first-order valence-corrected chi connectivity index (χ1v) is 6.32. The lowest BCUT2D eigenvalue weighted by Crippen LogP contribution is -2.23. The minimum Gasteiger partial charge on any atom is -0.502 e. The van der Waals surface area contributed by atoms with Gasteiger partial charge in [-0.3, -0.25) is 10.1 Å². The van der Waals surface area contributed by atoms with Gasteiger partial charge in [-0.2, -0.15) is 0 Å². The molecule has 1 aromatic rings. The van der Waals surface area contributed by atoms with E-state index in [1.54, 1.807) is 6.07 Å². The predicted molar refractivity (Wildman–Crippen MR) is 68.3 cm³/mol. The molecule has 0 aliphatic heterocycles. The zero-order chi connectivity index (χ0) is 13.1. The van der Waals surface area contributed by atoms with Crippen LogP contribution < -0.4 is 5.73 Å². The predicted octanol–water partition coefficient (Wildman–Crippen LogP) is 2.88. The smallest absolute Gasteiger partial charge is 0.311 e. The Hall–Kier alpha value is -1.62. The number of nitrogens with zero attached hydrogens (tertiary/aromatic N) is 1. The van der Waals surface area contributed by atoms with Crippen LogP contribution in [0.5, 0.6) is 5.75 Å². The molecule has 1 atom stereocenters. The van der Waals surface area contributed by atoms with Crippen molar-refractivity contribution in [1.29, 1.82) is 0 Å². The largest absolute Gasteiger partial charge is 0.502 e. The van der Waals surface area contributed by atoms with E-state index in [0.29, 0.717) is 5.92 Å². The summed E-state index contributed by atoms with van der Waals surface area (Å²) in [5.74, 6) is 0.0856. The van der Waals surface area contributed by atoms with E-state index in [1.165, 1.54) is 31.4 Å². The van der Waals surface area contributed by atoms with Crippen molar-refractivity contribution in [2.45, 2.75) is 38.1 Å². The quantitative estimate of drug-likeness (QED) is 0.637. The molecule has 0 heterocycles. The third-order valence-corrected chi connectivity index (χ3v) is 3.74. The van der Waals surface area contributed by atoms with Crippen molar-refractivity contribution in [3.63, 3.8) is 0 Å². The molecule has 0 aromatic heterocycles. The summed E-state index contributed by atoms with van der Waals surface area (Å²) in [5, 5.41) is 20.2. The van der Waals surface area contributed by atoms with Crippen molar-refractivity contribution in [3.05, 3.63) is 33.9 Å². The number of nitro groups is 1. The van der Waals surface area contributed by atoms with Crippen LogP contribution in [0.2, 0.25) is 0 Å². The van der Waals surface area contributed by atoms with Crippen LogP contribution >= 0.6 is 0 Å². The van der Waals surface area contributed by atoms with Crippen LogP contribution in [0.4, 0.5) is 5.69 Å². The lowest BCUT2D eigenvalue weighted by atomic mass is 9.81. The van der Waals surface area contributed by atoms with Gasteiger partial charge in [0.05, 0.1) is 4.92 Å². The minimum atomic E-state index is -0.577. The fourth-order valence-electron chi connectivity index (χ4n) is 2.66. The highest BCUT2D eigenvalue weighted by molar-refractivity contribution is 5.48. The Bertz CT molecular complexity index is 442. The molecule has 98 valence electrons. The molecule has 1 saturated carbocycles. The van der Waals surface area contributed by atoms with Crippen molar-refractivity contribution < 1.29 is 10.0 Å². The second kappa shape index (κ2) is 5.35. The van der Waals surface area contributed by atoms with Gasteiger partial charge in [-0.05, 0) is 30.4 Å². The number of benzene rings is 1. The first kappa shape index (κ1) is 12.8. The third-order valence-electron chi connectivity index (χ3n) is 3.74. The van der Waals surface area contributed by atoms with Crippen molar-refractivity contribution in [2.24, 2.45) is 11.7 Å². The van der Waals surface area contributed by atoms with Gasteiger partial charge in [0, 0.05) is 12.1 Å². The lowest BCUT2D eigenvalue weighted by molar-refractivity contribution is -0.385. The van der Waals surface area contributed by atoms with E-state index < -0.39 is 4.92 Å². The Morgan fingerprint density at radius 3 is 2.61 bits per heavy atom. The molecule has 5 nitrogen and oxygen atoms in total. The highest BCUT2D eigenvalue weighted by Crippen LogP contribution is 2.35. The molecule has 3 N–H and O–H groups in total. The number of rotatable bonds is 3. The van der Waals surface area contributed by atoms with E-state index in [1.807, 2.05) is 0 Å². The van der Waals surface area contributed by atoms with Crippen molar-refractivity contribution in [3.8, 4) is 5.75 Å². The van der Waals surface area contributed by atoms with Crippen LogP contribution in [-0.4, -0.2) is 10.0 Å². The van der Waals surface area contributed by atoms with Gasteiger partial charge in [-0.25, -0.2) is 0 Å². The van der Waals surface area contributed by atoms with Crippen LogP contribution in [-0.2, 0) is 0 Å². The van der Waals surface area contributed by atoms with Crippen LogP contribution in [0.25, 0.3) is 0 Å². The average molecular weight is 250 g/mol. The van der Waals surface area contributed by atoms with E-state index in [9.17, 15) is 15.2 Å². The van der Waals surface area contributed by atoms with E-state index in [-0.39, 0.29) is 17.5 Å². The topological polar surface area (TPSA) is 89.4 Å². The highest BCUT2D eigenvalue weighted by Gasteiger charge is 2.24. The minimum absolute atomic E-state index is 0.176. The van der Waals surface area contributed by atoms with E-state index in [0.717, 1.165) is 18.4 Å². The van der Waals surface area contributed by atoms with E-state index in [2.05, 4.69) is 0 Å². The first-order chi connectivity index (χ1) is 8.59. The van der Waals surface area contributed by atoms with Gasteiger partial charge < -0.3 is 10.8 Å². The summed E-state index contributed by atoms with van der Waals surface area (Å²) < 4.78 is 0. The molecule has 0 bridgehead atoms. The summed E-state index contributed by atoms with van der Waals surface area (Å²) in [5.41, 5.74) is 6.66. The Labute approximate surface area is 106 Å². The SMILES string of the molecule is N[C@@H](c1ccc(O)c([N+](=O)[O-])c1)C1CCCCC1. The maximum Gasteiger partial charge on any atom is 0.311 e. The van der Waals surface area contributed by atoms with Crippen LogP contribution in [0, 0.1) is 16.0 Å². The van der Waals surface area contributed by atoms with Crippen LogP contribution in [0.3, 0.4) is 0 Å². The van der Waals surface area contributed by atoms with Crippen molar-refractivity contribution >= 4 is 5.69 Å². The number of aromatic hydroxyl groups is 1. The maximum absolute atomic E-state index is 10.8. The molecule has 0 spiro atoms. The molecule has 0 unspecified atom stereocenters. The molecule has 0 amide bonds. The molecular weight excluding hydrogens is 232 g/mol. The Morgan fingerprint density at radius 1 is 1.33 bits per heavy atom. The highest BCUT2D eigenvalue weighted by atomic mass is 16.6. The number of nitro benzene ring substituents is 1. The second-order valence-corrected chi connectivity index (χ2v) is 4.93. The van der Waals surface area contributed by atoms with Gasteiger partial charge in [0.1, 0.15) is 0 Å². The second-order valence-electron chi connectivity index (χ2n) is 4.93. The van der Waals surface area contributed by atoms with Gasteiger partial charge in [-0.15, -0.1) is 0 Å². The fourth-order valence-corrected chi connectivity index (χ4v) is 2.66. The summed E-state index contributed by atoms with van der Waals surface area (Å²) in [6.07, 6.45) is 5.77. The third kappa shape index (κ3) is 2.61.